The first-order chi connectivity index (χ1) is 11.3. The molecule has 1 heterocycles. The molecule has 7 heteroatoms. The van der Waals surface area contributed by atoms with Gasteiger partial charge in [0, 0.05) is 17.3 Å². The van der Waals surface area contributed by atoms with Crippen LogP contribution in [0.25, 0.3) is 0 Å². The largest absolute Gasteiger partial charge is 0.325 e. The number of amides is 1. The molecule has 1 aliphatic heterocycles. The van der Waals surface area contributed by atoms with Crippen molar-refractivity contribution in [3.05, 3.63) is 64.7 Å². The zero-order valence-electron chi connectivity index (χ0n) is 13.1. The average Bonchev–Trinajstić information content (AvgIpc) is 2.52. The van der Waals surface area contributed by atoms with E-state index in [0.29, 0.717) is 17.1 Å². The molecule has 0 bridgehead atoms. The normalized spacial score (nSPS) is 18.0. The molecule has 2 aromatic carbocycles. The first kappa shape index (κ1) is 17.0. The number of hydrogen-bond acceptors (Lipinski definition) is 3. The van der Waals surface area contributed by atoms with E-state index in [1.54, 1.807) is 24.3 Å². The van der Waals surface area contributed by atoms with Crippen LogP contribution in [-0.2, 0) is 27.8 Å². The minimum Gasteiger partial charge on any atom is -0.325 e. The van der Waals surface area contributed by atoms with Gasteiger partial charge in [0.1, 0.15) is 6.04 Å². The zero-order chi connectivity index (χ0) is 17.3. The van der Waals surface area contributed by atoms with Gasteiger partial charge in [-0.15, -0.1) is 0 Å². The molecule has 0 aromatic heterocycles. The van der Waals surface area contributed by atoms with Crippen LogP contribution in [0.1, 0.15) is 11.1 Å². The molecule has 2 aromatic rings. The molecule has 5 nitrogen and oxygen atoms in total. The molecule has 0 saturated carbocycles. The van der Waals surface area contributed by atoms with Crippen LogP contribution in [0.4, 0.5) is 5.69 Å². The number of sulfonamides is 1. The number of carbonyl (C=O) groups excluding carboxylic acids is 1. The predicted octanol–water partition coefficient (Wildman–Crippen LogP) is 2.67. The zero-order valence-corrected chi connectivity index (χ0v) is 14.6. The number of anilines is 1. The second kappa shape index (κ2) is 6.55. The van der Waals surface area contributed by atoms with E-state index < -0.39 is 16.1 Å². The van der Waals surface area contributed by atoms with Gasteiger partial charge in [-0.2, -0.15) is 4.31 Å². The van der Waals surface area contributed by atoms with Gasteiger partial charge < -0.3 is 5.32 Å². The van der Waals surface area contributed by atoms with Gasteiger partial charge in [-0.1, -0.05) is 41.9 Å². The van der Waals surface area contributed by atoms with Gasteiger partial charge in [0.15, 0.2) is 0 Å². The van der Waals surface area contributed by atoms with E-state index >= 15 is 0 Å². The summed E-state index contributed by atoms with van der Waals surface area (Å²) in [5, 5.41) is 3.26. The van der Waals surface area contributed by atoms with Crippen molar-refractivity contribution >= 4 is 33.2 Å². The standard InChI is InChI=1S/C17H17ClN2O3S/c1-24(22,23)20-11-13-6-3-2-5-12(13)9-16(20)17(21)19-15-8-4-7-14(18)10-15/h2-8,10,16H,9,11H2,1H3,(H,19,21)/t16-/m0/s1. The maximum atomic E-state index is 12.7. The van der Waals surface area contributed by atoms with Crippen LogP contribution >= 0.6 is 11.6 Å². The fraction of sp³-hybridized carbons (Fsp3) is 0.235. The second-order valence-corrected chi connectivity index (χ2v) is 8.17. The number of nitrogens with zero attached hydrogens (tertiary/aromatic N) is 1. The van der Waals surface area contributed by atoms with E-state index in [9.17, 15) is 13.2 Å². The van der Waals surface area contributed by atoms with Crippen LogP contribution < -0.4 is 5.32 Å². The Hall–Kier alpha value is -1.89. The van der Waals surface area contributed by atoms with Gasteiger partial charge in [0.05, 0.1) is 6.26 Å². The molecule has 3 rings (SSSR count). The topological polar surface area (TPSA) is 66.5 Å². The lowest BCUT2D eigenvalue weighted by atomic mass is 9.95. The van der Waals surface area contributed by atoms with E-state index in [1.807, 2.05) is 24.3 Å². The lowest BCUT2D eigenvalue weighted by Crippen LogP contribution is -2.50. The summed E-state index contributed by atoms with van der Waals surface area (Å²) in [5.41, 5.74) is 2.46. The van der Waals surface area contributed by atoms with Crippen LogP contribution in [0.15, 0.2) is 48.5 Å². The third kappa shape index (κ3) is 3.61. The summed E-state index contributed by atoms with van der Waals surface area (Å²) in [7, 11) is -3.52. The van der Waals surface area contributed by atoms with Crippen molar-refractivity contribution < 1.29 is 13.2 Å². The fourth-order valence-electron chi connectivity index (χ4n) is 2.86. The molecule has 24 heavy (non-hydrogen) atoms. The Morgan fingerprint density at radius 2 is 1.88 bits per heavy atom. The van der Waals surface area contributed by atoms with Crippen molar-refractivity contribution in [2.24, 2.45) is 0 Å². The van der Waals surface area contributed by atoms with Crippen LogP contribution in [0.2, 0.25) is 5.02 Å². The average molecular weight is 365 g/mol. The number of fused-ring (bicyclic) bond motifs is 1. The van der Waals surface area contributed by atoms with E-state index in [0.717, 1.165) is 17.4 Å². The molecule has 1 aliphatic rings. The van der Waals surface area contributed by atoms with Gasteiger partial charge in [0.25, 0.3) is 0 Å². The van der Waals surface area contributed by atoms with Crippen LogP contribution in [0.3, 0.4) is 0 Å². The molecule has 1 amide bonds. The highest BCUT2D eigenvalue weighted by molar-refractivity contribution is 7.88. The summed E-state index contributed by atoms with van der Waals surface area (Å²) in [6, 6.07) is 13.6. The molecule has 1 atom stereocenters. The summed E-state index contributed by atoms with van der Waals surface area (Å²) < 4.78 is 25.5. The molecule has 126 valence electrons. The molecule has 0 fully saturated rings. The summed E-state index contributed by atoms with van der Waals surface area (Å²) in [6.07, 6.45) is 1.47. The molecule has 0 aliphatic carbocycles. The van der Waals surface area contributed by atoms with Gasteiger partial charge in [0.2, 0.25) is 15.9 Å². The van der Waals surface area contributed by atoms with Crippen molar-refractivity contribution in [1.82, 2.24) is 4.31 Å². The quantitative estimate of drug-likeness (QED) is 0.910. The number of halogens is 1. The van der Waals surface area contributed by atoms with Crippen molar-refractivity contribution in [2.75, 3.05) is 11.6 Å². The second-order valence-electron chi connectivity index (χ2n) is 5.80. The lowest BCUT2D eigenvalue weighted by molar-refractivity contribution is -0.120. The molecule has 0 spiro atoms. The van der Waals surface area contributed by atoms with Gasteiger partial charge >= 0.3 is 0 Å². The van der Waals surface area contributed by atoms with Crippen molar-refractivity contribution in [3.63, 3.8) is 0 Å². The van der Waals surface area contributed by atoms with E-state index in [-0.39, 0.29) is 12.5 Å². The van der Waals surface area contributed by atoms with E-state index in [4.69, 9.17) is 11.6 Å². The molecule has 0 radical (unpaired) electrons. The minimum absolute atomic E-state index is 0.197. The van der Waals surface area contributed by atoms with Crippen LogP contribution in [0.5, 0.6) is 0 Å². The van der Waals surface area contributed by atoms with Gasteiger partial charge in [-0.05, 0) is 35.7 Å². The molecular formula is C17H17ClN2O3S. The number of nitrogens with one attached hydrogen (secondary N) is 1. The summed E-state index contributed by atoms with van der Waals surface area (Å²) in [5.74, 6) is -0.364. The van der Waals surface area contributed by atoms with Crippen LogP contribution in [-0.4, -0.2) is 30.9 Å². The Bertz CT molecular complexity index is 883. The Balaban J connectivity index is 1.90. The van der Waals surface area contributed by atoms with E-state index in [1.165, 1.54) is 4.31 Å². The number of carbonyl (C=O) groups is 1. The smallest absolute Gasteiger partial charge is 0.243 e. The summed E-state index contributed by atoms with van der Waals surface area (Å²) >= 11 is 5.92. The third-order valence-corrected chi connectivity index (χ3v) is 5.50. The summed E-state index contributed by atoms with van der Waals surface area (Å²) in [6.45, 7) is 0.197. The first-order valence-corrected chi connectivity index (χ1v) is 9.67. The fourth-order valence-corrected chi connectivity index (χ4v) is 4.06. The highest BCUT2D eigenvalue weighted by Crippen LogP contribution is 2.26. The van der Waals surface area contributed by atoms with Gasteiger partial charge in [-0.3, -0.25) is 4.79 Å². The Labute approximate surface area is 146 Å². The predicted molar refractivity (Wildman–Crippen MR) is 94.4 cm³/mol. The molecule has 0 unspecified atom stereocenters. The Morgan fingerprint density at radius 1 is 1.17 bits per heavy atom. The number of hydrogen-bond donors (Lipinski definition) is 1. The van der Waals surface area contributed by atoms with Crippen LogP contribution in [0, 0.1) is 0 Å². The first-order valence-electron chi connectivity index (χ1n) is 7.44. The lowest BCUT2D eigenvalue weighted by Gasteiger charge is -2.34. The SMILES string of the molecule is CS(=O)(=O)N1Cc2ccccc2C[C@H]1C(=O)Nc1cccc(Cl)c1. The molecule has 1 N–H and O–H groups in total. The number of benzene rings is 2. The maximum absolute atomic E-state index is 12.7. The van der Waals surface area contributed by atoms with Crippen molar-refractivity contribution in [3.8, 4) is 0 Å². The molecule has 0 saturated heterocycles. The summed E-state index contributed by atoms with van der Waals surface area (Å²) in [4.78, 5) is 12.7. The van der Waals surface area contributed by atoms with E-state index in [2.05, 4.69) is 5.32 Å². The minimum atomic E-state index is -3.52. The van der Waals surface area contributed by atoms with Crippen molar-refractivity contribution in [1.29, 1.82) is 0 Å². The monoisotopic (exact) mass is 364 g/mol. The Morgan fingerprint density at radius 3 is 2.54 bits per heavy atom. The Kier molecular flexibility index (Phi) is 4.62. The number of rotatable bonds is 3. The maximum Gasteiger partial charge on any atom is 0.243 e. The molecular weight excluding hydrogens is 348 g/mol. The third-order valence-electron chi connectivity index (χ3n) is 4.03. The highest BCUT2D eigenvalue weighted by Gasteiger charge is 2.36. The highest BCUT2D eigenvalue weighted by atomic mass is 35.5. The van der Waals surface area contributed by atoms with Crippen molar-refractivity contribution in [2.45, 2.75) is 19.0 Å². The van der Waals surface area contributed by atoms with Gasteiger partial charge in [-0.25, -0.2) is 8.42 Å².